The molecule has 0 bridgehead atoms. The molecule has 0 aliphatic carbocycles. The molecule has 1 N–H and O–H groups in total. The molecule has 0 radical (unpaired) electrons. The van der Waals surface area contributed by atoms with Gasteiger partial charge in [-0.3, -0.25) is 9.48 Å². The number of nitrogens with one attached hydrogen (secondary N) is 1. The lowest BCUT2D eigenvalue weighted by Crippen LogP contribution is -2.13. The van der Waals surface area contributed by atoms with Crippen LogP contribution < -0.4 is 5.32 Å². The fourth-order valence-electron chi connectivity index (χ4n) is 3.21. The number of halogens is 2. The minimum atomic E-state index is -0.410. The van der Waals surface area contributed by atoms with Gasteiger partial charge in [-0.05, 0) is 29.6 Å². The van der Waals surface area contributed by atoms with E-state index in [0.717, 1.165) is 10.6 Å². The van der Waals surface area contributed by atoms with Gasteiger partial charge in [0.1, 0.15) is 11.4 Å². The van der Waals surface area contributed by atoms with Crippen molar-refractivity contribution in [2.24, 2.45) is 0 Å². The largest absolute Gasteiger partial charge is 0.305 e. The first-order valence-electron chi connectivity index (χ1n) is 9.24. The molecule has 10 heteroatoms. The molecule has 154 valence electrons. The molecule has 7 nitrogen and oxygen atoms in total. The zero-order valence-corrected chi connectivity index (χ0v) is 17.4. The van der Waals surface area contributed by atoms with E-state index in [1.165, 1.54) is 16.9 Å². The molecule has 0 aliphatic heterocycles. The summed E-state index contributed by atoms with van der Waals surface area (Å²) in [6.07, 6.45) is 4.77. The van der Waals surface area contributed by atoms with Crippen LogP contribution in [0.25, 0.3) is 16.2 Å². The van der Waals surface area contributed by atoms with Gasteiger partial charge in [0.05, 0.1) is 23.3 Å². The van der Waals surface area contributed by atoms with Crippen LogP contribution in [0.3, 0.4) is 0 Å². The molecule has 31 heavy (non-hydrogen) atoms. The molecule has 0 saturated heterocycles. The number of hydrogen-bond acceptors (Lipinski definition) is 5. The molecular weight excluding hydrogens is 439 g/mol. The van der Waals surface area contributed by atoms with Gasteiger partial charge in [-0.1, -0.05) is 23.7 Å². The van der Waals surface area contributed by atoms with E-state index in [4.69, 9.17) is 11.6 Å². The summed E-state index contributed by atoms with van der Waals surface area (Å²) in [5.74, 6) is -0.473. The van der Waals surface area contributed by atoms with Crippen LogP contribution in [0.1, 0.15) is 15.9 Å². The van der Waals surface area contributed by atoms with Gasteiger partial charge in [0.15, 0.2) is 11.5 Å². The topological polar surface area (TPSA) is 77.1 Å². The second kappa shape index (κ2) is 7.93. The third kappa shape index (κ3) is 3.69. The van der Waals surface area contributed by atoms with E-state index in [1.54, 1.807) is 46.4 Å². The molecule has 0 fully saturated rings. The van der Waals surface area contributed by atoms with Gasteiger partial charge in [-0.2, -0.15) is 10.2 Å². The molecule has 4 aromatic heterocycles. The lowest BCUT2D eigenvalue weighted by Gasteiger charge is -2.06. The first-order chi connectivity index (χ1) is 15.1. The van der Waals surface area contributed by atoms with Crippen molar-refractivity contribution in [1.82, 2.24) is 24.4 Å². The molecule has 0 atom stereocenters. The molecule has 4 heterocycles. The van der Waals surface area contributed by atoms with E-state index >= 15 is 0 Å². The number of rotatable bonds is 5. The summed E-state index contributed by atoms with van der Waals surface area (Å²) in [7, 11) is 0. The van der Waals surface area contributed by atoms with Crippen LogP contribution in [-0.2, 0) is 6.54 Å². The van der Waals surface area contributed by atoms with Crippen molar-refractivity contribution in [3.63, 3.8) is 0 Å². The molecule has 5 aromatic rings. The van der Waals surface area contributed by atoms with E-state index < -0.39 is 5.82 Å². The lowest BCUT2D eigenvalue weighted by atomic mass is 10.2. The summed E-state index contributed by atoms with van der Waals surface area (Å²) >= 11 is 7.66. The fourth-order valence-corrected chi connectivity index (χ4v) is 4.17. The van der Waals surface area contributed by atoms with Crippen LogP contribution in [0.2, 0.25) is 5.02 Å². The Morgan fingerprint density at radius 3 is 2.90 bits per heavy atom. The minimum Gasteiger partial charge on any atom is -0.305 e. The summed E-state index contributed by atoms with van der Waals surface area (Å²) < 4.78 is 17.2. The van der Waals surface area contributed by atoms with Crippen molar-refractivity contribution in [1.29, 1.82) is 0 Å². The molecule has 0 saturated carbocycles. The molecule has 1 amide bonds. The zero-order chi connectivity index (χ0) is 21.4. The molecule has 0 aliphatic rings. The second-order valence-electron chi connectivity index (χ2n) is 6.65. The van der Waals surface area contributed by atoms with E-state index in [2.05, 4.69) is 20.5 Å². The Hall–Kier alpha value is -3.56. The predicted octanol–water partition coefficient (Wildman–Crippen LogP) is 4.75. The number of hydrogen-bond donors (Lipinski definition) is 1. The average molecular weight is 453 g/mol. The number of thiophene rings is 1. The lowest BCUT2D eigenvalue weighted by molar-refractivity contribution is 0.102. The first-order valence-corrected chi connectivity index (χ1v) is 10.5. The smallest absolute Gasteiger partial charge is 0.262 e. The Balaban J connectivity index is 1.38. The van der Waals surface area contributed by atoms with Crippen molar-refractivity contribution in [2.45, 2.75) is 6.54 Å². The van der Waals surface area contributed by atoms with E-state index in [1.807, 2.05) is 23.6 Å². The Morgan fingerprint density at radius 2 is 2.10 bits per heavy atom. The van der Waals surface area contributed by atoms with Crippen molar-refractivity contribution in [2.75, 3.05) is 5.32 Å². The normalized spacial score (nSPS) is 11.2. The summed E-state index contributed by atoms with van der Waals surface area (Å²) in [6, 6.07) is 11.9. The van der Waals surface area contributed by atoms with Gasteiger partial charge in [0.2, 0.25) is 0 Å². The van der Waals surface area contributed by atoms with E-state index in [9.17, 15) is 9.18 Å². The summed E-state index contributed by atoms with van der Waals surface area (Å²) in [5, 5.41) is 13.7. The Bertz CT molecular complexity index is 1370. The fraction of sp³-hybridized carbons (Fsp3) is 0.0476. The molecular formula is C21H14ClFN6OS. The molecule has 0 unspecified atom stereocenters. The van der Waals surface area contributed by atoms with E-state index in [-0.39, 0.29) is 12.5 Å². The monoisotopic (exact) mass is 452 g/mol. The maximum absolute atomic E-state index is 14.0. The highest BCUT2D eigenvalue weighted by atomic mass is 35.5. The number of aromatic nitrogens is 5. The summed E-state index contributed by atoms with van der Waals surface area (Å²) in [5.41, 5.74) is 1.95. The number of benzene rings is 1. The van der Waals surface area contributed by atoms with Crippen molar-refractivity contribution >= 4 is 40.3 Å². The number of carbonyl (C=O) groups excluding carboxylic acids is 1. The highest BCUT2D eigenvalue weighted by Gasteiger charge is 2.18. The van der Waals surface area contributed by atoms with Gasteiger partial charge in [0.25, 0.3) is 5.91 Å². The zero-order valence-electron chi connectivity index (χ0n) is 15.9. The van der Waals surface area contributed by atoms with Gasteiger partial charge < -0.3 is 5.32 Å². The summed E-state index contributed by atoms with van der Waals surface area (Å²) in [6.45, 7) is 0.143. The summed E-state index contributed by atoms with van der Waals surface area (Å²) in [4.78, 5) is 18.2. The quantitative estimate of drug-likeness (QED) is 0.417. The molecule has 5 rings (SSSR count). The Morgan fingerprint density at radius 1 is 1.19 bits per heavy atom. The Kier molecular flexibility index (Phi) is 4.97. The van der Waals surface area contributed by atoms with Crippen LogP contribution in [-0.4, -0.2) is 30.3 Å². The van der Waals surface area contributed by atoms with Crippen molar-refractivity contribution in [3.05, 3.63) is 88.4 Å². The number of amides is 1. The van der Waals surface area contributed by atoms with Crippen LogP contribution in [0.15, 0.2) is 66.4 Å². The first kappa shape index (κ1) is 19.4. The van der Waals surface area contributed by atoms with Gasteiger partial charge in [-0.15, -0.1) is 11.3 Å². The van der Waals surface area contributed by atoms with Crippen LogP contribution in [0.4, 0.5) is 10.2 Å². The maximum Gasteiger partial charge on any atom is 0.262 e. The van der Waals surface area contributed by atoms with Gasteiger partial charge in [0, 0.05) is 29.0 Å². The SMILES string of the molecule is O=C(Nc1ccn(Cc2c(F)cccc2Cl)n1)c1cnn2c(-c3cccs3)ccnc12. The van der Waals surface area contributed by atoms with Crippen molar-refractivity contribution in [3.8, 4) is 10.6 Å². The van der Waals surface area contributed by atoms with E-state index in [0.29, 0.717) is 27.6 Å². The standard InChI is InChI=1S/C21H14ClFN6OS/c22-15-3-1-4-16(23)14(15)12-28-9-7-19(27-28)26-21(30)13-11-25-29-17(6-8-24-20(13)29)18-5-2-10-31-18/h1-11H,12H2,(H,26,27,30). The molecule has 0 spiro atoms. The Labute approximate surface area is 184 Å². The van der Waals surface area contributed by atoms with Crippen LogP contribution >= 0.6 is 22.9 Å². The maximum atomic E-state index is 14.0. The third-order valence-corrected chi connectivity index (χ3v) is 5.93. The van der Waals surface area contributed by atoms with Crippen LogP contribution in [0.5, 0.6) is 0 Å². The van der Waals surface area contributed by atoms with Gasteiger partial charge in [-0.25, -0.2) is 13.9 Å². The number of carbonyl (C=O) groups is 1. The second-order valence-corrected chi connectivity index (χ2v) is 8.01. The minimum absolute atomic E-state index is 0.143. The van der Waals surface area contributed by atoms with Crippen molar-refractivity contribution < 1.29 is 9.18 Å². The van der Waals surface area contributed by atoms with Gasteiger partial charge >= 0.3 is 0 Å². The van der Waals surface area contributed by atoms with Crippen LogP contribution in [0, 0.1) is 5.82 Å². The number of fused-ring (bicyclic) bond motifs is 1. The average Bonchev–Trinajstić information content (AvgIpc) is 3.51. The predicted molar refractivity (Wildman–Crippen MR) is 117 cm³/mol. The third-order valence-electron chi connectivity index (χ3n) is 4.68. The highest BCUT2D eigenvalue weighted by molar-refractivity contribution is 7.13. The number of anilines is 1. The highest BCUT2D eigenvalue weighted by Crippen LogP contribution is 2.25. The molecule has 1 aromatic carbocycles. The number of nitrogens with zero attached hydrogens (tertiary/aromatic N) is 5.